The number of hydrogen-bond donors (Lipinski definition) is 0. The van der Waals surface area contributed by atoms with Gasteiger partial charge in [-0.15, -0.1) is 0 Å². The molecule has 0 radical (unpaired) electrons. The van der Waals surface area contributed by atoms with Crippen LogP contribution in [0.5, 0.6) is 11.5 Å². The lowest BCUT2D eigenvalue weighted by molar-refractivity contribution is 0.284. The number of nitrogens with zero attached hydrogens (tertiary/aromatic N) is 1. The third-order valence-corrected chi connectivity index (χ3v) is 6.12. The Morgan fingerprint density at radius 3 is 2.43 bits per heavy atom. The lowest BCUT2D eigenvalue weighted by Gasteiger charge is -2.14. The van der Waals surface area contributed by atoms with Gasteiger partial charge in [0.2, 0.25) is 9.84 Å². The Bertz CT molecular complexity index is 1210. The third kappa shape index (κ3) is 4.70. The van der Waals surface area contributed by atoms with Gasteiger partial charge in [-0.1, -0.05) is 60.2 Å². The van der Waals surface area contributed by atoms with E-state index in [2.05, 4.69) is 0 Å². The summed E-state index contributed by atoms with van der Waals surface area (Å²) >= 11 is 0. The van der Waals surface area contributed by atoms with Crippen molar-refractivity contribution in [1.29, 1.82) is 5.26 Å². The van der Waals surface area contributed by atoms with Crippen LogP contribution in [-0.2, 0) is 16.4 Å². The van der Waals surface area contributed by atoms with Crippen molar-refractivity contribution in [3.8, 4) is 17.6 Å². The van der Waals surface area contributed by atoms with Gasteiger partial charge in [-0.3, -0.25) is 0 Å². The summed E-state index contributed by atoms with van der Waals surface area (Å²) in [6, 6.07) is 22.7. The SMILES string of the molecule is COc1cccc(C=C(C#N)S(=O)(=O)c2ccccc2)c1OCc1cccc(C)c1. The molecule has 0 spiro atoms. The molecule has 0 amide bonds. The molecule has 3 aromatic rings. The second-order valence-corrected chi connectivity index (χ2v) is 8.51. The Hall–Kier alpha value is -3.56. The van der Waals surface area contributed by atoms with Gasteiger partial charge in [-0.25, -0.2) is 8.42 Å². The molecule has 0 aliphatic heterocycles. The van der Waals surface area contributed by atoms with E-state index in [1.165, 1.54) is 25.3 Å². The van der Waals surface area contributed by atoms with Gasteiger partial charge in [-0.05, 0) is 36.8 Å². The zero-order valence-electron chi connectivity index (χ0n) is 16.7. The van der Waals surface area contributed by atoms with Crippen molar-refractivity contribution in [2.45, 2.75) is 18.4 Å². The molecule has 0 saturated carbocycles. The zero-order chi connectivity index (χ0) is 21.6. The molecule has 0 fully saturated rings. The molecule has 5 nitrogen and oxygen atoms in total. The first-order valence-corrected chi connectivity index (χ1v) is 10.7. The fourth-order valence-corrected chi connectivity index (χ4v) is 4.13. The molecule has 0 N–H and O–H groups in total. The zero-order valence-corrected chi connectivity index (χ0v) is 17.5. The summed E-state index contributed by atoms with van der Waals surface area (Å²) in [5, 5.41) is 9.57. The van der Waals surface area contributed by atoms with Crippen LogP contribution in [0.15, 0.2) is 82.6 Å². The average Bonchev–Trinajstić information content (AvgIpc) is 2.76. The van der Waals surface area contributed by atoms with E-state index in [4.69, 9.17) is 9.47 Å². The molecule has 6 heteroatoms. The molecule has 0 unspecified atom stereocenters. The summed E-state index contributed by atoms with van der Waals surface area (Å²) in [5.41, 5.74) is 2.52. The van der Waals surface area contributed by atoms with Gasteiger partial charge in [0.25, 0.3) is 0 Å². The summed E-state index contributed by atoms with van der Waals surface area (Å²) < 4.78 is 37.2. The minimum atomic E-state index is -3.95. The van der Waals surface area contributed by atoms with Gasteiger partial charge in [-0.2, -0.15) is 5.26 Å². The summed E-state index contributed by atoms with van der Waals surface area (Å²) in [7, 11) is -2.45. The highest BCUT2D eigenvalue weighted by Crippen LogP contribution is 2.34. The van der Waals surface area contributed by atoms with Crippen LogP contribution in [0.3, 0.4) is 0 Å². The highest BCUT2D eigenvalue weighted by Gasteiger charge is 2.21. The summed E-state index contributed by atoms with van der Waals surface area (Å²) in [5.74, 6) is 0.823. The molecule has 0 aromatic heterocycles. The van der Waals surface area contributed by atoms with Crippen LogP contribution in [0.4, 0.5) is 0 Å². The Labute approximate surface area is 176 Å². The average molecular weight is 420 g/mol. The smallest absolute Gasteiger partial charge is 0.216 e. The number of rotatable bonds is 7. The van der Waals surface area contributed by atoms with E-state index in [1.807, 2.05) is 37.3 Å². The Balaban J connectivity index is 2.01. The van der Waals surface area contributed by atoms with E-state index in [0.717, 1.165) is 11.1 Å². The molecule has 0 heterocycles. The van der Waals surface area contributed by atoms with Gasteiger partial charge in [0, 0.05) is 5.56 Å². The number of allylic oxidation sites excluding steroid dienone is 1. The van der Waals surface area contributed by atoms with E-state index in [1.54, 1.807) is 36.4 Å². The lowest BCUT2D eigenvalue weighted by atomic mass is 10.1. The Morgan fingerprint density at radius 1 is 1.03 bits per heavy atom. The molecule has 30 heavy (non-hydrogen) atoms. The van der Waals surface area contributed by atoms with Crippen LogP contribution in [0.2, 0.25) is 0 Å². The van der Waals surface area contributed by atoms with Crippen molar-refractivity contribution >= 4 is 15.9 Å². The van der Waals surface area contributed by atoms with Gasteiger partial charge < -0.3 is 9.47 Å². The van der Waals surface area contributed by atoms with Crippen LogP contribution in [0.25, 0.3) is 6.08 Å². The monoisotopic (exact) mass is 419 g/mol. The summed E-state index contributed by atoms with van der Waals surface area (Å²) in [6.45, 7) is 2.27. The molecule has 0 atom stereocenters. The second-order valence-electron chi connectivity index (χ2n) is 6.59. The van der Waals surface area contributed by atoms with E-state index in [0.29, 0.717) is 17.1 Å². The predicted octanol–water partition coefficient (Wildman–Crippen LogP) is 4.92. The summed E-state index contributed by atoms with van der Waals surface area (Å²) in [6.07, 6.45) is 1.32. The topological polar surface area (TPSA) is 76.4 Å². The van der Waals surface area contributed by atoms with E-state index >= 15 is 0 Å². The van der Waals surface area contributed by atoms with Crippen LogP contribution in [0, 0.1) is 18.3 Å². The van der Waals surface area contributed by atoms with E-state index < -0.39 is 9.84 Å². The number of hydrogen-bond acceptors (Lipinski definition) is 5. The fraction of sp³-hybridized carbons (Fsp3) is 0.125. The normalized spacial score (nSPS) is 11.6. The quantitative estimate of drug-likeness (QED) is 0.508. The van der Waals surface area contributed by atoms with Crippen LogP contribution < -0.4 is 9.47 Å². The first-order valence-electron chi connectivity index (χ1n) is 9.23. The van der Waals surface area contributed by atoms with E-state index in [-0.39, 0.29) is 16.4 Å². The van der Waals surface area contributed by atoms with Gasteiger partial charge in [0.15, 0.2) is 11.5 Å². The Morgan fingerprint density at radius 2 is 1.77 bits per heavy atom. The van der Waals surface area contributed by atoms with Gasteiger partial charge >= 0.3 is 0 Å². The first kappa shape index (κ1) is 21.2. The van der Waals surface area contributed by atoms with Crippen molar-refractivity contribution in [3.63, 3.8) is 0 Å². The minimum absolute atomic E-state index is 0.0583. The fourth-order valence-electron chi connectivity index (χ4n) is 2.96. The maximum absolute atomic E-state index is 12.9. The first-order chi connectivity index (χ1) is 14.5. The van der Waals surface area contributed by atoms with Crippen LogP contribution in [0.1, 0.15) is 16.7 Å². The van der Waals surface area contributed by atoms with Gasteiger partial charge in [0.1, 0.15) is 17.6 Å². The molecule has 0 bridgehead atoms. The standard InChI is InChI=1S/C24H21NO4S/c1-18-8-6-9-19(14-18)17-29-24-20(10-7-13-23(24)28-2)15-22(16-25)30(26,27)21-11-4-3-5-12-21/h3-15H,17H2,1-2H3. The number of benzene rings is 3. The van der Waals surface area contributed by atoms with Gasteiger partial charge in [0.05, 0.1) is 12.0 Å². The van der Waals surface area contributed by atoms with Crippen LogP contribution in [-0.4, -0.2) is 15.5 Å². The summed E-state index contributed by atoms with van der Waals surface area (Å²) in [4.78, 5) is -0.315. The number of nitriles is 1. The van der Waals surface area contributed by atoms with Crippen molar-refractivity contribution < 1.29 is 17.9 Å². The number of sulfone groups is 1. The largest absolute Gasteiger partial charge is 0.493 e. The highest BCUT2D eigenvalue weighted by molar-refractivity contribution is 7.95. The van der Waals surface area contributed by atoms with E-state index in [9.17, 15) is 13.7 Å². The number of aryl methyl sites for hydroxylation is 1. The van der Waals surface area contributed by atoms with Crippen molar-refractivity contribution in [3.05, 3.63) is 94.4 Å². The van der Waals surface area contributed by atoms with Crippen molar-refractivity contribution in [2.24, 2.45) is 0 Å². The predicted molar refractivity (Wildman–Crippen MR) is 116 cm³/mol. The molecule has 3 rings (SSSR count). The maximum Gasteiger partial charge on any atom is 0.216 e. The lowest BCUT2D eigenvalue weighted by Crippen LogP contribution is -2.04. The van der Waals surface area contributed by atoms with Crippen molar-refractivity contribution in [2.75, 3.05) is 7.11 Å². The number of ether oxygens (including phenoxy) is 2. The minimum Gasteiger partial charge on any atom is -0.493 e. The van der Waals surface area contributed by atoms with Crippen molar-refractivity contribution in [1.82, 2.24) is 0 Å². The molecule has 0 aliphatic rings. The highest BCUT2D eigenvalue weighted by atomic mass is 32.2. The Kier molecular flexibility index (Phi) is 6.55. The number of methoxy groups -OCH3 is 1. The molecular formula is C24H21NO4S. The maximum atomic E-state index is 12.9. The van der Waals surface area contributed by atoms with Crippen LogP contribution >= 0.6 is 0 Å². The molecule has 0 saturated heterocycles. The second kappa shape index (κ2) is 9.29. The molecule has 152 valence electrons. The number of para-hydroxylation sites is 1. The molecule has 0 aliphatic carbocycles. The molecule has 3 aromatic carbocycles. The molecular weight excluding hydrogens is 398 g/mol. The third-order valence-electron chi connectivity index (χ3n) is 4.43.